The van der Waals surface area contributed by atoms with Crippen LogP contribution in [-0.4, -0.2) is 27.6 Å². The van der Waals surface area contributed by atoms with Crippen LogP contribution in [0, 0.1) is 5.82 Å². The van der Waals surface area contributed by atoms with Crippen LogP contribution in [0.3, 0.4) is 0 Å². The Labute approximate surface area is 184 Å². The van der Waals surface area contributed by atoms with Gasteiger partial charge in [0.1, 0.15) is 23.6 Å². The molecule has 2 aromatic heterocycles. The van der Waals surface area contributed by atoms with E-state index >= 15 is 0 Å². The average molecular weight is 445 g/mol. The average Bonchev–Trinajstić information content (AvgIpc) is 2.82. The lowest BCUT2D eigenvalue weighted by atomic mass is 10.0. The van der Waals surface area contributed by atoms with Crippen LogP contribution < -0.4 is 16.2 Å². The lowest BCUT2D eigenvalue weighted by Gasteiger charge is -2.16. The molecule has 0 spiro atoms. The van der Waals surface area contributed by atoms with Crippen LogP contribution in [0.25, 0.3) is 16.6 Å². The van der Waals surface area contributed by atoms with Gasteiger partial charge in [0.25, 0.3) is 12.0 Å². The van der Waals surface area contributed by atoms with Crippen molar-refractivity contribution in [1.29, 1.82) is 0 Å². The molecule has 1 aliphatic rings. The SMILES string of the molecule is CC.Cn1c(=O)c(C2=CCNCC2)cc2c(NCc3cccc(C(F)F)c3F)ncnc21. The van der Waals surface area contributed by atoms with Crippen molar-refractivity contribution in [3.05, 3.63) is 69.5 Å². The number of hydrogen-bond acceptors (Lipinski definition) is 5. The normalized spacial score (nSPS) is 13.5. The highest BCUT2D eigenvalue weighted by Gasteiger charge is 2.18. The van der Waals surface area contributed by atoms with Gasteiger partial charge in [0.2, 0.25) is 0 Å². The molecule has 1 aromatic carbocycles. The summed E-state index contributed by atoms with van der Waals surface area (Å²) in [6.45, 7) is 5.43. The van der Waals surface area contributed by atoms with Crippen LogP contribution in [0.1, 0.15) is 43.4 Å². The van der Waals surface area contributed by atoms with Crippen LogP contribution in [0.2, 0.25) is 0 Å². The molecule has 6 nitrogen and oxygen atoms in total. The molecule has 0 radical (unpaired) electrons. The van der Waals surface area contributed by atoms with Gasteiger partial charge in [0.05, 0.1) is 10.9 Å². The molecule has 0 unspecified atom stereocenters. The number of nitrogens with one attached hydrogen (secondary N) is 2. The van der Waals surface area contributed by atoms with Gasteiger partial charge >= 0.3 is 0 Å². The van der Waals surface area contributed by atoms with E-state index in [0.717, 1.165) is 24.6 Å². The second kappa shape index (κ2) is 10.4. The zero-order valence-corrected chi connectivity index (χ0v) is 18.3. The molecule has 2 N–H and O–H groups in total. The third kappa shape index (κ3) is 4.67. The van der Waals surface area contributed by atoms with Gasteiger partial charge in [-0.1, -0.05) is 38.1 Å². The fourth-order valence-corrected chi connectivity index (χ4v) is 3.59. The number of halogens is 3. The van der Waals surface area contributed by atoms with E-state index in [4.69, 9.17) is 0 Å². The Morgan fingerprint density at radius 2 is 2.03 bits per heavy atom. The Hall–Kier alpha value is -3.20. The van der Waals surface area contributed by atoms with E-state index in [2.05, 4.69) is 20.6 Å². The minimum Gasteiger partial charge on any atom is -0.365 e. The lowest BCUT2D eigenvalue weighted by Crippen LogP contribution is -2.26. The number of rotatable bonds is 5. The molecule has 0 atom stereocenters. The summed E-state index contributed by atoms with van der Waals surface area (Å²) in [5.41, 5.74) is 1.25. The van der Waals surface area contributed by atoms with E-state index in [-0.39, 0.29) is 17.7 Å². The molecule has 0 amide bonds. The molecule has 32 heavy (non-hydrogen) atoms. The summed E-state index contributed by atoms with van der Waals surface area (Å²) in [4.78, 5) is 21.3. The van der Waals surface area contributed by atoms with Crippen LogP contribution in [-0.2, 0) is 13.6 Å². The van der Waals surface area contributed by atoms with Crippen molar-refractivity contribution in [2.24, 2.45) is 7.05 Å². The Morgan fingerprint density at radius 1 is 1.25 bits per heavy atom. The zero-order chi connectivity index (χ0) is 23.3. The zero-order valence-electron chi connectivity index (χ0n) is 18.3. The number of fused-ring (bicyclic) bond motifs is 1. The Kier molecular flexibility index (Phi) is 7.63. The Morgan fingerprint density at radius 3 is 2.72 bits per heavy atom. The maximum Gasteiger partial charge on any atom is 0.266 e. The molecular formula is C23H26F3N5O. The number of nitrogens with zero attached hydrogens (tertiary/aromatic N) is 3. The molecule has 0 saturated carbocycles. The van der Waals surface area contributed by atoms with Crippen molar-refractivity contribution in [3.63, 3.8) is 0 Å². The Balaban J connectivity index is 0.00000141. The molecule has 1 aliphatic heterocycles. The van der Waals surface area contributed by atoms with Crippen molar-refractivity contribution in [2.45, 2.75) is 33.2 Å². The minimum atomic E-state index is -2.89. The molecular weight excluding hydrogens is 419 g/mol. The highest BCUT2D eigenvalue weighted by atomic mass is 19.3. The molecule has 3 heterocycles. The van der Waals surface area contributed by atoms with Crippen LogP contribution in [0.5, 0.6) is 0 Å². The number of aryl methyl sites for hydroxylation is 1. The minimum absolute atomic E-state index is 0.0384. The summed E-state index contributed by atoms with van der Waals surface area (Å²) >= 11 is 0. The smallest absolute Gasteiger partial charge is 0.266 e. The van der Waals surface area contributed by atoms with Gasteiger partial charge in [-0.25, -0.2) is 23.1 Å². The van der Waals surface area contributed by atoms with Gasteiger partial charge in [-0.15, -0.1) is 0 Å². The first-order chi connectivity index (χ1) is 15.5. The van der Waals surface area contributed by atoms with E-state index in [1.165, 1.54) is 23.0 Å². The molecule has 0 fully saturated rings. The number of pyridine rings is 1. The number of anilines is 1. The maximum absolute atomic E-state index is 14.4. The first kappa shape index (κ1) is 23.5. The molecule has 3 aromatic rings. The summed E-state index contributed by atoms with van der Waals surface area (Å²) in [5.74, 6) is -0.542. The van der Waals surface area contributed by atoms with Crippen LogP contribution in [0.15, 0.2) is 41.5 Å². The monoisotopic (exact) mass is 445 g/mol. The molecule has 0 aliphatic carbocycles. The number of benzene rings is 1. The highest BCUT2D eigenvalue weighted by molar-refractivity contribution is 5.89. The van der Waals surface area contributed by atoms with Crippen LogP contribution >= 0.6 is 0 Å². The Bertz CT molecular complexity index is 1190. The second-order valence-corrected chi connectivity index (χ2v) is 7.04. The fourth-order valence-electron chi connectivity index (χ4n) is 3.59. The third-order valence-corrected chi connectivity index (χ3v) is 5.20. The summed E-state index contributed by atoms with van der Waals surface area (Å²) in [7, 11) is 1.64. The summed E-state index contributed by atoms with van der Waals surface area (Å²) in [6, 6.07) is 5.64. The fraction of sp³-hybridized carbons (Fsp3) is 0.348. The van der Waals surface area contributed by atoms with Crippen molar-refractivity contribution >= 4 is 22.4 Å². The maximum atomic E-state index is 14.4. The number of alkyl halides is 2. The van der Waals surface area contributed by atoms with Crippen molar-refractivity contribution < 1.29 is 13.2 Å². The second-order valence-electron chi connectivity index (χ2n) is 7.04. The van der Waals surface area contributed by atoms with E-state index in [1.54, 1.807) is 13.1 Å². The van der Waals surface area contributed by atoms with Gasteiger partial charge in [0, 0.05) is 31.3 Å². The van der Waals surface area contributed by atoms with Gasteiger partial charge in [-0.05, 0) is 24.6 Å². The lowest BCUT2D eigenvalue weighted by molar-refractivity contribution is 0.146. The molecule has 9 heteroatoms. The van der Waals surface area contributed by atoms with Gasteiger partial charge in [-0.3, -0.25) is 9.36 Å². The van der Waals surface area contributed by atoms with Gasteiger partial charge < -0.3 is 10.6 Å². The summed E-state index contributed by atoms with van der Waals surface area (Å²) in [5, 5.41) is 6.81. The first-order valence-corrected chi connectivity index (χ1v) is 10.5. The number of aromatic nitrogens is 3. The van der Waals surface area contributed by atoms with Gasteiger partial charge in [-0.2, -0.15) is 0 Å². The van der Waals surface area contributed by atoms with E-state index in [9.17, 15) is 18.0 Å². The van der Waals surface area contributed by atoms with E-state index < -0.39 is 17.8 Å². The van der Waals surface area contributed by atoms with Crippen molar-refractivity contribution in [3.8, 4) is 0 Å². The van der Waals surface area contributed by atoms with E-state index in [0.29, 0.717) is 29.0 Å². The quantitative estimate of drug-likeness (QED) is 0.608. The largest absolute Gasteiger partial charge is 0.365 e. The summed E-state index contributed by atoms with van der Waals surface area (Å²) in [6.07, 6.45) is 1.12. The molecule has 0 bridgehead atoms. The van der Waals surface area contributed by atoms with Crippen molar-refractivity contribution in [1.82, 2.24) is 19.9 Å². The molecule has 170 valence electrons. The number of hydrogen-bond donors (Lipinski definition) is 2. The highest BCUT2D eigenvalue weighted by Crippen LogP contribution is 2.26. The first-order valence-electron chi connectivity index (χ1n) is 10.5. The standard InChI is InChI=1S/C21H20F3N5O.C2H6/c1-29-20-16(9-15(21(29)30)12-5-7-25-8-6-12)19(27-11-28-20)26-10-13-3-2-4-14(17(13)22)18(23)24;1-2/h2-5,9,11,18,25H,6-8,10H2,1H3,(H,26,27,28);1-2H3. The summed E-state index contributed by atoms with van der Waals surface area (Å²) < 4.78 is 41.7. The van der Waals surface area contributed by atoms with Gasteiger partial charge in [0.15, 0.2) is 0 Å². The predicted molar refractivity (Wildman–Crippen MR) is 120 cm³/mol. The topological polar surface area (TPSA) is 71.8 Å². The predicted octanol–water partition coefficient (Wildman–Crippen LogP) is 4.42. The van der Waals surface area contributed by atoms with E-state index in [1.807, 2.05) is 19.9 Å². The molecule has 4 rings (SSSR count). The van der Waals surface area contributed by atoms with Crippen LogP contribution in [0.4, 0.5) is 19.0 Å². The van der Waals surface area contributed by atoms with Crippen molar-refractivity contribution in [2.75, 3.05) is 18.4 Å². The molecule has 0 saturated heterocycles. The third-order valence-electron chi connectivity index (χ3n) is 5.20.